The van der Waals surface area contributed by atoms with Crippen molar-refractivity contribution in [3.05, 3.63) is 62.1 Å². The van der Waals surface area contributed by atoms with Crippen molar-refractivity contribution in [2.75, 3.05) is 11.1 Å². The van der Waals surface area contributed by atoms with Crippen LogP contribution in [-0.2, 0) is 4.79 Å². The van der Waals surface area contributed by atoms with E-state index in [0.29, 0.717) is 5.02 Å². The summed E-state index contributed by atoms with van der Waals surface area (Å²) in [4.78, 5) is 35.5. The van der Waals surface area contributed by atoms with E-state index in [2.05, 4.69) is 10.6 Å². The largest absolute Gasteiger partial charge is 0.393 e. The number of carbonyl (C=O) groups excluding carboxylic acids is 2. The lowest BCUT2D eigenvalue weighted by Gasteiger charge is -2.22. The monoisotopic (exact) mass is 424 g/mol. The van der Waals surface area contributed by atoms with Gasteiger partial charge in [0, 0.05) is 16.8 Å². The molecule has 2 aromatic rings. The zero-order valence-corrected chi connectivity index (χ0v) is 16.5. The maximum absolute atomic E-state index is 12.6. The third-order valence-corrected chi connectivity index (χ3v) is 4.45. The van der Waals surface area contributed by atoms with Gasteiger partial charge in [0.25, 0.3) is 11.6 Å². The van der Waals surface area contributed by atoms with E-state index < -0.39 is 22.8 Å². The number of amides is 2. The topological polar surface area (TPSA) is 127 Å². The van der Waals surface area contributed by atoms with Gasteiger partial charge in [-0.25, -0.2) is 0 Å². The van der Waals surface area contributed by atoms with Crippen molar-refractivity contribution in [3.8, 4) is 0 Å². The molecule has 0 bridgehead atoms. The highest BCUT2D eigenvalue weighted by molar-refractivity contribution is 6.36. The third kappa shape index (κ3) is 5.11. The molecule has 0 spiro atoms. The second-order valence-corrected chi connectivity index (χ2v) is 7.18. The number of nitrogens with one attached hydrogen (secondary N) is 2. The molecule has 0 fully saturated rings. The highest BCUT2D eigenvalue weighted by Gasteiger charge is 2.26. The summed E-state index contributed by atoms with van der Waals surface area (Å²) in [6.07, 6.45) is 0. The Bertz CT molecular complexity index is 934. The summed E-state index contributed by atoms with van der Waals surface area (Å²) < 4.78 is 0. The van der Waals surface area contributed by atoms with Crippen molar-refractivity contribution in [1.29, 1.82) is 0 Å². The molecule has 0 saturated heterocycles. The number of nitro benzene ring substituents is 1. The van der Waals surface area contributed by atoms with Gasteiger partial charge in [0.1, 0.15) is 11.7 Å². The summed E-state index contributed by atoms with van der Waals surface area (Å²) in [6.45, 7) is 3.50. The van der Waals surface area contributed by atoms with E-state index in [0.717, 1.165) is 6.07 Å². The van der Waals surface area contributed by atoms with Crippen molar-refractivity contribution in [2.24, 2.45) is 5.92 Å². The first kappa shape index (κ1) is 21.5. The first-order valence-electron chi connectivity index (χ1n) is 8.21. The Morgan fingerprint density at radius 3 is 2.39 bits per heavy atom. The zero-order valence-electron chi connectivity index (χ0n) is 15.0. The molecule has 0 aliphatic heterocycles. The number of halogens is 2. The lowest BCUT2D eigenvalue weighted by Crippen LogP contribution is -2.47. The van der Waals surface area contributed by atoms with Crippen molar-refractivity contribution in [1.82, 2.24) is 5.32 Å². The summed E-state index contributed by atoms with van der Waals surface area (Å²) in [5, 5.41) is 16.7. The van der Waals surface area contributed by atoms with Gasteiger partial charge in [0.2, 0.25) is 5.91 Å². The molecule has 1 atom stereocenters. The number of anilines is 2. The number of rotatable bonds is 6. The van der Waals surface area contributed by atoms with Gasteiger partial charge in [-0.05, 0) is 36.2 Å². The first-order valence-corrected chi connectivity index (χ1v) is 8.96. The van der Waals surface area contributed by atoms with Crippen LogP contribution in [0.2, 0.25) is 10.0 Å². The minimum atomic E-state index is -0.907. The molecular formula is C18H18Cl2N4O4. The summed E-state index contributed by atoms with van der Waals surface area (Å²) in [7, 11) is 0. The quantitative estimate of drug-likeness (QED) is 0.368. The number of nitrogen functional groups attached to an aromatic ring is 1. The van der Waals surface area contributed by atoms with Gasteiger partial charge >= 0.3 is 0 Å². The van der Waals surface area contributed by atoms with Gasteiger partial charge in [-0.1, -0.05) is 37.0 Å². The van der Waals surface area contributed by atoms with Crippen LogP contribution in [0.1, 0.15) is 24.2 Å². The normalized spacial score (nSPS) is 11.8. The van der Waals surface area contributed by atoms with Gasteiger partial charge in [0.15, 0.2) is 0 Å². The number of hydrogen-bond acceptors (Lipinski definition) is 5. The predicted octanol–water partition coefficient (Wildman–Crippen LogP) is 3.88. The Kier molecular flexibility index (Phi) is 6.82. The summed E-state index contributed by atoms with van der Waals surface area (Å²) in [5.74, 6) is -1.34. The molecule has 0 heterocycles. The van der Waals surface area contributed by atoms with Crippen molar-refractivity contribution in [3.63, 3.8) is 0 Å². The average molecular weight is 425 g/mol. The van der Waals surface area contributed by atoms with Crippen LogP contribution in [0.5, 0.6) is 0 Å². The van der Waals surface area contributed by atoms with E-state index >= 15 is 0 Å². The molecule has 0 aliphatic carbocycles. The number of hydrogen-bond donors (Lipinski definition) is 3. The van der Waals surface area contributed by atoms with E-state index in [-0.39, 0.29) is 33.6 Å². The fraction of sp³-hybridized carbons (Fsp3) is 0.222. The highest BCUT2D eigenvalue weighted by Crippen LogP contribution is 2.25. The second kappa shape index (κ2) is 8.90. The van der Waals surface area contributed by atoms with Crippen LogP contribution >= 0.6 is 23.2 Å². The maximum atomic E-state index is 12.6. The highest BCUT2D eigenvalue weighted by atomic mass is 35.5. The standard InChI is InChI=1S/C18H18Cl2N4O4/c1-9(2)16(23-17(25)12-5-3-10(19)7-13(12)20)18(26)22-11-4-6-14(21)15(8-11)24(27)28/h3-9,16H,21H2,1-2H3,(H,22,26)(H,23,25)/t16-/m0/s1. The molecule has 0 aliphatic rings. The van der Waals surface area contributed by atoms with Crippen LogP contribution < -0.4 is 16.4 Å². The summed E-state index contributed by atoms with van der Waals surface area (Å²) in [5.41, 5.74) is 5.57. The van der Waals surface area contributed by atoms with E-state index in [9.17, 15) is 19.7 Å². The predicted molar refractivity (Wildman–Crippen MR) is 109 cm³/mol. The van der Waals surface area contributed by atoms with Gasteiger partial charge in [0.05, 0.1) is 15.5 Å². The lowest BCUT2D eigenvalue weighted by atomic mass is 10.0. The Morgan fingerprint density at radius 2 is 1.82 bits per heavy atom. The van der Waals surface area contributed by atoms with Gasteiger partial charge in [-0.3, -0.25) is 19.7 Å². The molecule has 0 aromatic heterocycles. The number of nitrogens with two attached hydrogens (primary N) is 1. The SMILES string of the molecule is CC(C)[C@H](NC(=O)c1ccc(Cl)cc1Cl)C(=O)Nc1ccc(N)c([N+](=O)[O-])c1. The molecule has 28 heavy (non-hydrogen) atoms. The second-order valence-electron chi connectivity index (χ2n) is 6.34. The molecule has 10 heteroatoms. The van der Waals surface area contributed by atoms with Crippen LogP contribution in [0, 0.1) is 16.0 Å². The van der Waals surface area contributed by atoms with Crippen molar-refractivity contribution < 1.29 is 14.5 Å². The average Bonchev–Trinajstić information content (AvgIpc) is 2.60. The first-order chi connectivity index (χ1) is 13.1. The molecule has 2 aromatic carbocycles. The van der Waals surface area contributed by atoms with Gasteiger partial charge < -0.3 is 16.4 Å². The van der Waals surface area contributed by atoms with Crippen LogP contribution in [0.4, 0.5) is 17.1 Å². The molecule has 0 saturated carbocycles. The molecule has 0 unspecified atom stereocenters. The van der Waals surface area contributed by atoms with Crippen LogP contribution in [0.3, 0.4) is 0 Å². The molecule has 4 N–H and O–H groups in total. The summed E-state index contributed by atoms with van der Waals surface area (Å²) >= 11 is 11.9. The maximum Gasteiger partial charge on any atom is 0.294 e. The van der Waals surface area contributed by atoms with E-state index in [1.807, 2.05) is 0 Å². The lowest BCUT2D eigenvalue weighted by molar-refractivity contribution is -0.383. The fourth-order valence-corrected chi connectivity index (χ4v) is 2.92. The van der Waals surface area contributed by atoms with Crippen LogP contribution in [0.25, 0.3) is 0 Å². The zero-order chi connectivity index (χ0) is 21.0. The Balaban J connectivity index is 2.19. The Labute approximate surface area is 171 Å². The summed E-state index contributed by atoms with van der Waals surface area (Å²) in [6, 6.07) is 7.41. The smallest absolute Gasteiger partial charge is 0.294 e. The van der Waals surface area contributed by atoms with Crippen LogP contribution in [0.15, 0.2) is 36.4 Å². The number of nitro groups is 1. The molecular weight excluding hydrogens is 407 g/mol. The van der Waals surface area contributed by atoms with Crippen molar-refractivity contribution in [2.45, 2.75) is 19.9 Å². The third-order valence-electron chi connectivity index (χ3n) is 3.91. The number of benzene rings is 2. The van der Waals surface area contributed by atoms with E-state index in [1.165, 1.54) is 30.3 Å². The molecule has 2 amide bonds. The fourth-order valence-electron chi connectivity index (χ4n) is 2.43. The van der Waals surface area contributed by atoms with E-state index in [1.54, 1.807) is 13.8 Å². The molecule has 0 radical (unpaired) electrons. The minimum Gasteiger partial charge on any atom is -0.393 e. The molecule has 2 rings (SSSR count). The number of nitrogens with zero attached hydrogens (tertiary/aromatic N) is 1. The van der Waals surface area contributed by atoms with Crippen LogP contribution in [-0.4, -0.2) is 22.8 Å². The minimum absolute atomic E-state index is 0.0194. The Hall–Kier alpha value is -2.84. The van der Waals surface area contributed by atoms with Gasteiger partial charge in [-0.2, -0.15) is 0 Å². The molecule has 148 valence electrons. The van der Waals surface area contributed by atoms with E-state index in [4.69, 9.17) is 28.9 Å². The van der Waals surface area contributed by atoms with Gasteiger partial charge in [-0.15, -0.1) is 0 Å². The van der Waals surface area contributed by atoms with Crippen molar-refractivity contribution >= 4 is 52.1 Å². The Morgan fingerprint density at radius 1 is 1.14 bits per heavy atom. The molecule has 8 nitrogen and oxygen atoms in total. The number of carbonyl (C=O) groups is 2.